The Hall–Kier alpha value is -1.98. The van der Waals surface area contributed by atoms with Crippen LogP contribution < -0.4 is 5.32 Å². The summed E-state index contributed by atoms with van der Waals surface area (Å²) in [5, 5.41) is 6.53. The maximum absolute atomic E-state index is 11.4. The van der Waals surface area contributed by atoms with Crippen LogP contribution >= 0.6 is 11.3 Å². The van der Waals surface area contributed by atoms with Gasteiger partial charge in [0.15, 0.2) is 0 Å². The average molecular weight is 342 g/mol. The highest BCUT2D eigenvalue weighted by Gasteiger charge is 2.04. The first-order valence-corrected chi connectivity index (χ1v) is 9.74. The molecule has 0 saturated heterocycles. The topological polar surface area (TPSA) is 42.0 Å². The van der Waals surface area contributed by atoms with E-state index in [0.717, 1.165) is 39.0 Å². The molecule has 3 aromatic rings. The third-order valence-electron chi connectivity index (χ3n) is 3.48. The summed E-state index contributed by atoms with van der Waals surface area (Å²) in [5.41, 5.74) is 4.41. The minimum atomic E-state index is -0.926. The van der Waals surface area contributed by atoms with Crippen LogP contribution in [-0.4, -0.2) is 15.4 Å². The first kappa shape index (κ1) is 15.9. The first-order chi connectivity index (χ1) is 11.1. The lowest BCUT2D eigenvalue weighted by Gasteiger charge is -2.08. The first-order valence-electron chi connectivity index (χ1n) is 7.30. The lowest BCUT2D eigenvalue weighted by molar-refractivity contribution is 0.687. The van der Waals surface area contributed by atoms with Crippen molar-refractivity contribution >= 4 is 27.8 Å². The quantitative estimate of drug-likeness (QED) is 0.744. The van der Waals surface area contributed by atoms with Gasteiger partial charge < -0.3 is 5.32 Å². The molecule has 23 heavy (non-hydrogen) atoms. The van der Waals surface area contributed by atoms with Crippen LogP contribution in [0.3, 0.4) is 0 Å². The van der Waals surface area contributed by atoms with E-state index in [2.05, 4.69) is 33.9 Å². The van der Waals surface area contributed by atoms with E-state index < -0.39 is 10.8 Å². The van der Waals surface area contributed by atoms with Crippen LogP contribution in [0, 0.1) is 6.92 Å². The largest absolute Gasteiger partial charge is 0.381 e. The summed E-state index contributed by atoms with van der Waals surface area (Å²) in [6.45, 7) is 2.74. The molecule has 0 saturated carbocycles. The number of hydrogen-bond acceptors (Lipinski definition) is 4. The van der Waals surface area contributed by atoms with Gasteiger partial charge in [-0.2, -0.15) is 0 Å². The SMILES string of the molecule is Cc1csc(-c2cccc(NCc3ccc([S@](C)=O)cc3)c2)n1. The van der Waals surface area contributed by atoms with Gasteiger partial charge in [-0.05, 0) is 36.8 Å². The molecule has 0 unspecified atom stereocenters. The highest BCUT2D eigenvalue weighted by molar-refractivity contribution is 7.84. The molecule has 0 bridgehead atoms. The van der Waals surface area contributed by atoms with E-state index >= 15 is 0 Å². The van der Waals surface area contributed by atoms with Crippen molar-refractivity contribution in [1.82, 2.24) is 4.98 Å². The molecule has 1 aromatic heterocycles. The molecule has 0 spiro atoms. The predicted octanol–water partition coefficient (Wildman–Crippen LogP) is 4.47. The fraction of sp³-hybridized carbons (Fsp3) is 0.167. The summed E-state index contributed by atoms with van der Waals surface area (Å²) in [5.74, 6) is 0. The van der Waals surface area contributed by atoms with Crippen molar-refractivity contribution < 1.29 is 4.21 Å². The summed E-state index contributed by atoms with van der Waals surface area (Å²) in [4.78, 5) is 5.38. The number of nitrogens with one attached hydrogen (secondary N) is 1. The fourth-order valence-electron chi connectivity index (χ4n) is 2.25. The lowest BCUT2D eigenvalue weighted by atomic mass is 10.2. The molecule has 1 N–H and O–H groups in total. The molecule has 0 amide bonds. The molecule has 0 aliphatic rings. The second-order valence-electron chi connectivity index (χ2n) is 5.33. The van der Waals surface area contributed by atoms with Gasteiger partial charge in [-0.3, -0.25) is 4.21 Å². The Labute approximate surface area is 142 Å². The van der Waals surface area contributed by atoms with Crippen LogP contribution in [-0.2, 0) is 17.3 Å². The summed E-state index contributed by atoms with van der Waals surface area (Å²) in [6, 6.07) is 16.2. The number of rotatable bonds is 5. The Bertz CT molecular complexity index is 825. The Kier molecular flexibility index (Phi) is 4.88. The van der Waals surface area contributed by atoms with Crippen LogP contribution in [0.4, 0.5) is 5.69 Å². The van der Waals surface area contributed by atoms with Gasteiger partial charge in [-0.15, -0.1) is 11.3 Å². The Morgan fingerprint density at radius 2 is 1.96 bits per heavy atom. The lowest BCUT2D eigenvalue weighted by Crippen LogP contribution is -1.99. The second kappa shape index (κ2) is 7.06. The molecule has 1 heterocycles. The normalized spacial score (nSPS) is 12.1. The number of thiazole rings is 1. The van der Waals surface area contributed by atoms with Crippen molar-refractivity contribution in [2.75, 3.05) is 11.6 Å². The van der Waals surface area contributed by atoms with Gasteiger partial charge in [0.05, 0.1) is 0 Å². The zero-order chi connectivity index (χ0) is 16.2. The molecule has 0 aliphatic carbocycles. The number of aryl methyl sites for hydroxylation is 1. The van der Waals surface area contributed by atoms with Gasteiger partial charge in [-0.1, -0.05) is 24.3 Å². The van der Waals surface area contributed by atoms with Crippen LogP contribution in [0.2, 0.25) is 0 Å². The van der Waals surface area contributed by atoms with Crippen molar-refractivity contribution in [2.45, 2.75) is 18.4 Å². The van der Waals surface area contributed by atoms with E-state index in [1.54, 1.807) is 17.6 Å². The molecule has 1 atom stereocenters. The predicted molar refractivity (Wildman–Crippen MR) is 98.4 cm³/mol. The number of hydrogen-bond donors (Lipinski definition) is 1. The van der Waals surface area contributed by atoms with Crippen LogP contribution in [0.25, 0.3) is 10.6 Å². The van der Waals surface area contributed by atoms with Gasteiger partial charge in [-0.25, -0.2) is 4.98 Å². The second-order valence-corrected chi connectivity index (χ2v) is 7.56. The summed E-state index contributed by atoms with van der Waals surface area (Å²) >= 11 is 1.66. The zero-order valence-corrected chi connectivity index (χ0v) is 14.7. The number of nitrogens with zero attached hydrogens (tertiary/aromatic N) is 1. The third-order valence-corrected chi connectivity index (χ3v) is 5.43. The molecule has 0 aliphatic heterocycles. The maximum atomic E-state index is 11.4. The molecule has 0 radical (unpaired) electrons. The zero-order valence-electron chi connectivity index (χ0n) is 13.1. The molecule has 2 aromatic carbocycles. The van der Waals surface area contributed by atoms with Crippen molar-refractivity contribution in [2.24, 2.45) is 0 Å². The third kappa shape index (κ3) is 4.06. The van der Waals surface area contributed by atoms with Crippen molar-refractivity contribution in [3.63, 3.8) is 0 Å². The van der Waals surface area contributed by atoms with Gasteiger partial charge in [0.1, 0.15) is 5.01 Å². The highest BCUT2D eigenvalue weighted by atomic mass is 32.2. The molecular weight excluding hydrogens is 324 g/mol. The summed E-state index contributed by atoms with van der Waals surface area (Å²) < 4.78 is 11.4. The van der Waals surface area contributed by atoms with E-state index in [1.165, 1.54) is 0 Å². The minimum Gasteiger partial charge on any atom is -0.381 e. The average Bonchev–Trinajstić information content (AvgIpc) is 3.00. The minimum absolute atomic E-state index is 0.733. The maximum Gasteiger partial charge on any atom is 0.123 e. The van der Waals surface area contributed by atoms with Crippen LogP contribution in [0.5, 0.6) is 0 Å². The molecule has 3 nitrogen and oxygen atoms in total. The van der Waals surface area contributed by atoms with Gasteiger partial charge in [0.25, 0.3) is 0 Å². The van der Waals surface area contributed by atoms with E-state index in [-0.39, 0.29) is 0 Å². The standard InChI is InChI=1S/C18H18N2OS2/c1-13-12-22-18(20-13)15-4-3-5-16(10-15)19-11-14-6-8-17(9-7-14)23(2)21/h3-10,12,19H,11H2,1-2H3/t23-/m0/s1. The van der Waals surface area contributed by atoms with Crippen LogP contribution in [0.1, 0.15) is 11.3 Å². The summed E-state index contributed by atoms with van der Waals surface area (Å²) in [7, 11) is -0.926. The van der Waals surface area contributed by atoms with E-state index in [4.69, 9.17) is 0 Å². The van der Waals surface area contributed by atoms with Crippen LogP contribution in [0.15, 0.2) is 58.8 Å². The number of anilines is 1. The van der Waals surface area contributed by atoms with E-state index in [1.807, 2.05) is 37.3 Å². The van der Waals surface area contributed by atoms with Crippen molar-refractivity contribution in [3.05, 3.63) is 65.2 Å². The smallest absolute Gasteiger partial charge is 0.123 e. The number of aromatic nitrogens is 1. The monoisotopic (exact) mass is 342 g/mol. The highest BCUT2D eigenvalue weighted by Crippen LogP contribution is 2.26. The van der Waals surface area contributed by atoms with E-state index in [9.17, 15) is 4.21 Å². The van der Waals surface area contributed by atoms with Gasteiger partial charge >= 0.3 is 0 Å². The van der Waals surface area contributed by atoms with Gasteiger partial charge in [0.2, 0.25) is 0 Å². The Morgan fingerprint density at radius 3 is 2.61 bits per heavy atom. The van der Waals surface area contributed by atoms with Gasteiger partial charge in [0, 0.05) is 50.8 Å². The fourth-order valence-corrected chi connectivity index (χ4v) is 3.57. The Balaban J connectivity index is 1.69. The molecular formula is C18H18N2OS2. The molecule has 5 heteroatoms. The molecule has 3 rings (SSSR count). The Morgan fingerprint density at radius 1 is 1.17 bits per heavy atom. The summed E-state index contributed by atoms with van der Waals surface area (Å²) in [6.07, 6.45) is 1.69. The number of benzene rings is 2. The molecule has 0 fully saturated rings. The van der Waals surface area contributed by atoms with E-state index in [0.29, 0.717) is 0 Å². The van der Waals surface area contributed by atoms with Crippen molar-refractivity contribution in [1.29, 1.82) is 0 Å². The molecule has 118 valence electrons. The van der Waals surface area contributed by atoms with Crippen molar-refractivity contribution in [3.8, 4) is 10.6 Å².